The van der Waals surface area contributed by atoms with Gasteiger partial charge in [-0.2, -0.15) is 0 Å². The average molecular weight is 162 g/mol. The van der Waals surface area contributed by atoms with Crippen molar-refractivity contribution in [3.63, 3.8) is 0 Å². The third-order valence-corrected chi connectivity index (χ3v) is 2.42. The van der Waals surface area contributed by atoms with E-state index in [9.17, 15) is 4.79 Å². The van der Waals surface area contributed by atoms with Gasteiger partial charge in [-0.1, -0.05) is 6.92 Å². The lowest BCUT2D eigenvalue weighted by atomic mass is 10.3. The zero-order chi connectivity index (χ0) is 7.98. The maximum atomic E-state index is 10.2. The van der Waals surface area contributed by atoms with Gasteiger partial charge in [-0.3, -0.25) is 4.79 Å². The van der Waals surface area contributed by atoms with Gasteiger partial charge in [-0.25, -0.2) is 0 Å². The maximum Gasteiger partial charge on any atom is 0.369 e. The van der Waals surface area contributed by atoms with Crippen molar-refractivity contribution in [2.24, 2.45) is 0 Å². The molecule has 10 heavy (non-hydrogen) atoms. The number of hydrogen-bond acceptors (Lipinski definition) is 3. The van der Waals surface area contributed by atoms with Crippen molar-refractivity contribution < 1.29 is 13.6 Å². The molecule has 0 amide bonds. The first-order chi connectivity index (χ1) is 4.66. The molecule has 0 saturated carbocycles. The molecule has 60 valence electrons. The van der Waals surface area contributed by atoms with Gasteiger partial charge in [-0.05, 0) is 13.3 Å². The van der Waals surface area contributed by atoms with E-state index >= 15 is 0 Å². The molecule has 1 unspecified atom stereocenters. The highest BCUT2D eigenvalue weighted by atomic mass is 28.3. The summed E-state index contributed by atoms with van der Waals surface area (Å²) < 4.78 is 9.89. The summed E-state index contributed by atoms with van der Waals surface area (Å²) in [5, 5.41) is 0. The maximum absolute atomic E-state index is 10.2. The third-order valence-electron chi connectivity index (χ3n) is 1.19. The monoisotopic (exact) mass is 162 g/mol. The van der Waals surface area contributed by atoms with E-state index in [0.29, 0.717) is 0 Å². The van der Waals surface area contributed by atoms with Crippen LogP contribution in [0.2, 0.25) is 0 Å². The van der Waals surface area contributed by atoms with Crippen LogP contribution in [-0.4, -0.2) is 22.1 Å². The summed E-state index contributed by atoms with van der Waals surface area (Å²) in [4.78, 5) is 10.2. The Morgan fingerprint density at radius 2 is 2.30 bits per heavy atom. The van der Waals surface area contributed by atoms with Gasteiger partial charge in [0.2, 0.25) is 0 Å². The fourth-order valence-corrected chi connectivity index (χ4v) is 1.05. The molecular formula is C6H14O3Si. The molecule has 3 nitrogen and oxygen atoms in total. The van der Waals surface area contributed by atoms with Gasteiger partial charge in [0, 0.05) is 13.0 Å². The van der Waals surface area contributed by atoms with Crippen molar-refractivity contribution in [2.75, 3.05) is 0 Å². The zero-order valence-corrected chi connectivity index (χ0v) is 8.13. The van der Waals surface area contributed by atoms with Crippen LogP contribution in [0.5, 0.6) is 0 Å². The van der Waals surface area contributed by atoms with E-state index in [1.807, 2.05) is 13.8 Å². The van der Waals surface area contributed by atoms with Gasteiger partial charge < -0.3 is 8.85 Å². The van der Waals surface area contributed by atoms with E-state index in [1.54, 1.807) is 0 Å². The average Bonchev–Trinajstić information content (AvgIpc) is 1.87. The van der Waals surface area contributed by atoms with Crippen molar-refractivity contribution in [1.82, 2.24) is 0 Å². The minimum atomic E-state index is -1.04. The molecule has 0 aliphatic heterocycles. The van der Waals surface area contributed by atoms with Gasteiger partial charge in [0.05, 0.1) is 0 Å². The Bertz CT molecular complexity index is 105. The van der Waals surface area contributed by atoms with Gasteiger partial charge >= 0.3 is 10.0 Å². The van der Waals surface area contributed by atoms with Crippen LogP contribution in [0, 0.1) is 0 Å². The molecule has 0 spiro atoms. The molecule has 0 aromatic rings. The number of carbonyl (C=O) groups is 1. The summed E-state index contributed by atoms with van der Waals surface area (Å²) in [7, 11) is -1.04. The van der Waals surface area contributed by atoms with Crippen LogP contribution in [0.15, 0.2) is 0 Å². The minimum Gasteiger partial charge on any atom is -0.499 e. The second kappa shape index (κ2) is 5.43. The molecule has 0 aromatic heterocycles. The van der Waals surface area contributed by atoms with E-state index in [4.69, 9.17) is 8.85 Å². The van der Waals surface area contributed by atoms with Gasteiger partial charge in [0.25, 0.3) is 5.97 Å². The number of carbonyl (C=O) groups excluding carboxylic acids is 1. The molecule has 0 N–H and O–H groups in total. The fourth-order valence-electron chi connectivity index (χ4n) is 0.351. The molecule has 0 bridgehead atoms. The Hall–Kier alpha value is -0.353. The topological polar surface area (TPSA) is 35.5 Å². The first-order valence-corrected chi connectivity index (χ1v) is 4.57. The van der Waals surface area contributed by atoms with Crippen molar-refractivity contribution in [3.8, 4) is 0 Å². The largest absolute Gasteiger partial charge is 0.499 e. The third kappa shape index (κ3) is 5.78. The van der Waals surface area contributed by atoms with Crippen LogP contribution in [-0.2, 0) is 13.6 Å². The summed E-state index contributed by atoms with van der Waals surface area (Å²) in [6.45, 7) is 5.40. The van der Waals surface area contributed by atoms with Crippen LogP contribution in [0.4, 0.5) is 0 Å². The predicted molar refractivity (Wildman–Crippen MR) is 41.1 cm³/mol. The first-order valence-electron chi connectivity index (χ1n) is 3.41. The van der Waals surface area contributed by atoms with E-state index in [-0.39, 0.29) is 12.1 Å². The highest BCUT2D eigenvalue weighted by Crippen LogP contribution is 1.93. The van der Waals surface area contributed by atoms with Crippen LogP contribution >= 0.6 is 0 Å². The van der Waals surface area contributed by atoms with Crippen molar-refractivity contribution >= 4 is 16.0 Å². The minimum absolute atomic E-state index is 0.228. The standard InChI is InChI=1S/C6H14O3Si/c1-4-5(2)8-10-9-6(3)7/h5H,4,10H2,1-3H3. The normalized spacial score (nSPS) is 13.9. The van der Waals surface area contributed by atoms with Crippen LogP contribution in [0.3, 0.4) is 0 Å². The van der Waals surface area contributed by atoms with Gasteiger partial charge in [0.1, 0.15) is 0 Å². The van der Waals surface area contributed by atoms with Gasteiger partial charge in [0.15, 0.2) is 0 Å². The summed E-state index contributed by atoms with van der Waals surface area (Å²) in [6.07, 6.45) is 1.19. The van der Waals surface area contributed by atoms with Crippen LogP contribution in [0.25, 0.3) is 0 Å². The van der Waals surface area contributed by atoms with Crippen LogP contribution < -0.4 is 0 Å². The van der Waals surface area contributed by atoms with Crippen LogP contribution in [0.1, 0.15) is 27.2 Å². The summed E-state index contributed by atoms with van der Waals surface area (Å²) in [5.41, 5.74) is 0. The van der Waals surface area contributed by atoms with Crippen molar-refractivity contribution in [1.29, 1.82) is 0 Å². The van der Waals surface area contributed by atoms with Gasteiger partial charge in [-0.15, -0.1) is 0 Å². The number of rotatable bonds is 4. The second-order valence-electron chi connectivity index (χ2n) is 2.14. The smallest absolute Gasteiger partial charge is 0.369 e. The summed E-state index contributed by atoms with van der Waals surface area (Å²) >= 11 is 0. The second-order valence-corrected chi connectivity index (χ2v) is 3.00. The molecule has 0 aromatic carbocycles. The van der Waals surface area contributed by atoms with E-state index in [0.717, 1.165) is 6.42 Å². The highest BCUT2D eigenvalue weighted by Gasteiger charge is 1.99. The molecule has 0 radical (unpaired) electrons. The number of hydrogen-bond donors (Lipinski definition) is 0. The molecular weight excluding hydrogens is 148 g/mol. The lowest BCUT2D eigenvalue weighted by Gasteiger charge is -2.08. The first kappa shape index (κ1) is 9.65. The molecule has 4 heteroatoms. The molecule has 0 fully saturated rings. The Morgan fingerprint density at radius 3 is 2.70 bits per heavy atom. The van der Waals surface area contributed by atoms with E-state index in [2.05, 4.69) is 0 Å². The molecule has 0 aliphatic carbocycles. The molecule has 0 rings (SSSR count). The van der Waals surface area contributed by atoms with E-state index < -0.39 is 10.0 Å². The summed E-state index contributed by atoms with van der Waals surface area (Å²) in [5.74, 6) is -0.241. The lowest BCUT2D eigenvalue weighted by Crippen LogP contribution is -2.15. The van der Waals surface area contributed by atoms with Crippen molar-refractivity contribution in [3.05, 3.63) is 0 Å². The SMILES string of the molecule is CCC(C)O[SiH2]OC(C)=O. The molecule has 0 aliphatic rings. The fraction of sp³-hybridized carbons (Fsp3) is 0.833. The quantitative estimate of drug-likeness (QED) is 0.560. The zero-order valence-electron chi connectivity index (χ0n) is 6.72. The lowest BCUT2D eigenvalue weighted by molar-refractivity contribution is -0.133. The van der Waals surface area contributed by atoms with E-state index in [1.165, 1.54) is 6.92 Å². The Morgan fingerprint density at radius 1 is 1.70 bits per heavy atom. The molecule has 0 saturated heterocycles. The Labute approximate surface area is 63.8 Å². The predicted octanol–water partition coefficient (Wildman–Crippen LogP) is 0.363. The highest BCUT2D eigenvalue weighted by molar-refractivity contribution is 6.22. The Kier molecular flexibility index (Phi) is 5.24. The molecule has 1 atom stereocenters. The summed E-state index contributed by atoms with van der Waals surface area (Å²) in [6, 6.07) is 0. The Balaban J connectivity index is 3.11. The molecule has 0 heterocycles. The van der Waals surface area contributed by atoms with Crippen molar-refractivity contribution in [2.45, 2.75) is 33.3 Å².